The van der Waals surface area contributed by atoms with E-state index < -0.39 is 5.97 Å². The molecule has 120 valence electrons. The largest absolute Gasteiger partial charge is 0.478 e. The van der Waals surface area contributed by atoms with Crippen molar-refractivity contribution < 1.29 is 24.5 Å². The van der Waals surface area contributed by atoms with Gasteiger partial charge in [0.15, 0.2) is 0 Å². The SMILES string of the molecule is CCCCCCOCOCCO.O=C(O)c1ccccc1. The number of aliphatic hydroxyl groups excluding tert-OH is 1. The van der Waals surface area contributed by atoms with E-state index >= 15 is 0 Å². The molecule has 0 aromatic heterocycles. The van der Waals surface area contributed by atoms with Crippen molar-refractivity contribution in [1.82, 2.24) is 0 Å². The van der Waals surface area contributed by atoms with Crippen molar-refractivity contribution >= 4 is 5.97 Å². The highest BCUT2D eigenvalue weighted by Crippen LogP contribution is 1.98. The molecular formula is C16H26O5. The van der Waals surface area contributed by atoms with E-state index in [4.69, 9.17) is 19.7 Å². The predicted molar refractivity (Wildman–Crippen MR) is 81.4 cm³/mol. The van der Waals surface area contributed by atoms with E-state index in [0.29, 0.717) is 19.0 Å². The van der Waals surface area contributed by atoms with Gasteiger partial charge in [-0.05, 0) is 18.6 Å². The monoisotopic (exact) mass is 298 g/mol. The first-order valence-corrected chi connectivity index (χ1v) is 7.27. The van der Waals surface area contributed by atoms with Crippen molar-refractivity contribution in [2.45, 2.75) is 32.6 Å². The van der Waals surface area contributed by atoms with Gasteiger partial charge in [0.25, 0.3) is 0 Å². The summed E-state index contributed by atoms with van der Waals surface area (Å²) < 4.78 is 10.1. The first-order chi connectivity index (χ1) is 10.2. The molecule has 0 atom stereocenters. The quantitative estimate of drug-likeness (QED) is 0.513. The number of unbranched alkanes of at least 4 members (excludes halogenated alkanes) is 3. The zero-order valence-electron chi connectivity index (χ0n) is 12.7. The molecule has 21 heavy (non-hydrogen) atoms. The number of carboxylic acid groups (broad SMARTS) is 1. The summed E-state index contributed by atoms with van der Waals surface area (Å²) in [7, 11) is 0. The normalized spacial score (nSPS) is 9.81. The van der Waals surface area contributed by atoms with Crippen LogP contribution in [0.15, 0.2) is 30.3 Å². The minimum Gasteiger partial charge on any atom is -0.478 e. The zero-order valence-corrected chi connectivity index (χ0v) is 12.7. The minimum absolute atomic E-state index is 0.0686. The Balaban J connectivity index is 0.000000394. The lowest BCUT2D eigenvalue weighted by atomic mass is 10.2. The number of benzene rings is 1. The Morgan fingerprint density at radius 3 is 2.24 bits per heavy atom. The number of aromatic carboxylic acids is 1. The summed E-state index contributed by atoms with van der Waals surface area (Å²) in [6.07, 6.45) is 4.87. The van der Waals surface area contributed by atoms with Crippen LogP contribution < -0.4 is 0 Å². The topological polar surface area (TPSA) is 76.0 Å². The molecule has 0 spiro atoms. The molecule has 2 N–H and O–H groups in total. The summed E-state index contributed by atoms with van der Waals surface area (Å²) in [6.45, 7) is 3.71. The molecule has 0 aliphatic rings. The lowest BCUT2D eigenvalue weighted by Crippen LogP contribution is -2.05. The third kappa shape index (κ3) is 13.3. The molecular weight excluding hydrogens is 272 g/mol. The Kier molecular flexibility index (Phi) is 13.9. The highest BCUT2D eigenvalue weighted by molar-refractivity contribution is 5.87. The fourth-order valence-electron chi connectivity index (χ4n) is 1.45. The Hall–Kier alpha value is -1.43. The van der Waals surface area contributed by atoms with Crippen molar-refractivity contribution in [3.63, 3.8) is 0 Å². The summed E-state index contributed by atoms with van der Waals surface area (Å²) in [5, 5.41) is 16.7. The smallest absolute Gasteiger partial charge is 0.335 e. The van der Waals surface area contributed by atoms with E-state index in [0.717, 1.165) is 13.0 Å². The fraction of sp³-hybridized carbons (Fsp3) is 0.562. The van der Waals surface area contributed by atoms with E-state index in [1.807, 2.05) is 0 Å². The van der Waals surface area contributed by atoms with Crippen LogP contribution >= 0.6 is 0 Å². The first-order valence-electron chi connectivity index (χ1n) is 7.27. The summed E-state index contributed by atoms with van der Waals surface area (Å²) in [5.74, 6) is -0.879. The molecule has 0 heterocycles. The number of aliphatic hydroxyl groups is 1. The Morgan fingerprint density at radius 2 is 1.71 bits per heavy atom. The molecule has 1 aromatic carbocycles. The molecule has 5 heteroatoms. The number of carboxylic acids is 1. The highest BCUT2D eigenvalue weighted by Gasteiger charge is 1.96. The van der Waals surface area contributed by atoms with E-state index in [1.54, 1.807) is 30.3 Å². The van der Waals surface area contributed by atoms with Gasteiger partial charge in [-0.2, -0.15) is 0 Å². The zero-order chi connectivity index (χ0) is 15.8. The average molecular weight is 298 g/mol. The van der Waals surface area contributed by atoms with Gasteiger partial charge in [0.05, 0.1) is 18.8 Å². The second kappa shape index (κ2) is 15.0. The van der Waals surface area contributed by atoms with Crippen LogP contribution in [0.3, 0.4) is 0 Å². The summed E-state index contributed by atoms with van der Waals surface area (Å²) in [6, 6.07) is 8.30. The fourth-order valence-corrected chi connectivity index (χ4v) is 1.45. The van der Waals surface area contributed by atoms with Crippen LogP contribution in [0.1, 0.15) is 43.0 Å². The molecule has 0 saturated heterocycles. The van der Waals surface area contributed by atoms with Gasteiger partial charge in [0.1, 0.15) is 6.79 Å². The lowest BCUT2D eigenvalue weighted by Gasteiger charge is -2.03. The number of ether oxygens (including phenoxy) is 2. The van der Waals surface area contributed by atoms with Gasteiger partial charge in [-0.25, -0.2) is 4.79 Å². The number of carbonyl (C=O) groups is 1. The molecule has 5 nitrogen and oxygen atoms in total. The second-order valence-corrected chi connectivity index (χ2v) is 4.39. The van der Waals surface area contributed by atoms with E-state index in [9.17, 15) is 4.79 Å². The van der Waals surface area contributed by atoms with Crippen LogP contribution in [0, 0.1) is 0 Å². The number of hydrogen-bond donors (Lipinski definition) is 2. The third-order valence-corrected chi connectivity index (χ3v) is 2.57. The highest BCUT2D eigenvalue weighted by atomic mass is 16.7. The van der Waals surface area contributed by atoms with Crippen molar-refractivity contribution in [2.75, 3.05) is 26.6 Å². The second-order valence-electron chi connectivity index (χ2n) is 4.39. The van der Waals surface area contributed by atoms with Crippen molar-refractivity contribution in [3.8, 4) is 0 Å². The van der Waals surface area contributed by atoms with Crippen LogP contribution in [0.5, 0.6) is 0 Å². The Morgan fingerprint density at radius 1 is 1.05 bits per heavy atom. The van der Waals surface area contributed by atoms with E-state index in [-0.39, 0.29) is 6.61 Å². The maximum Gasteiger partial charge on any atom is 0.335 e. The summed E-state index contributed by atoms with van der Waals surface area (Å²) in [4.78, 5) is 10.2. The van der Waals surface area contributed by atoms with Gasteiger partial charge < -0.3 is 19.7 Å². The van der Waals surface area contributed by atoms with Gasteiger partial charge in [-0.1, -0.05) is 44.4 Å². The first kappa shape index (κ1) is 19.6. The van der Waals surface area contributed by atoms with E-state index in [1.165, 1.54) is 19.3 Å². The maximum atomic E-state index is 10.2. The molecule has 0 amide bonds. The Bertz CT molecular complexity index is 330. The molecule has 0 aliphatic carbocycles. The molecule has 1 rings (SSSR count). The standard InChI is InChI=1S/C9H20O3.C7H6O2/c1-2-3-4-5-7-11-9-12-8-6-10;8-7(9)6-4-2-1-3-5-6/h10H,2-9H2,1H3;1-5H,(H,8,9). The number of hydrogen-bond acceptors (Lipinski definition) is 4. The maximum absolute atomic E-state index is 10.2. The van der Waals surface area contributed by atoms with Gasteiger partial charge in [0, 0.05) is 6.61 Å². The van der Waals surface area contributed by atoms with Gasteiger partial charge in [-0.15, -0.1) is 0 Å². The molecule has 0 fully saturated rings. The van der Waals surface area contributed by atoms with Crippen molar-refractivity contribution in [3.05, 3.63) is 35.9 Å². The average Bonchev–Trinajstić information content (AvgIpc) is 2.51. The Labute approximate surface area is 126 Å². The molecule has 0 aliphatic heterocycles. The van der Waals surface area contributed by atoms with Gasteiger partial charge in [-0.3, -0.25) is 0 Å². The van der Waals surface area contributed by atoms with Crippen LogP contribution in [-0.2, 0) is 9.47 Å². The summed E-state index contributed by atoms with van der Waals surface area (Å²) in [5.41, 5.74) is 0.331. The molecule has 1 aromatic rings. The third-order valence-electron chi connectivity index (χ3n) is 2.57. The van der Waals surface area contributed by atoms with Gasteiger partial charge >= 0.3 is 5.97 Å². The number of rotatable bonds is 10. The molecule has 0 unspecified atom stereocenters. The summed E-state index contributed by atoms with van der Waals surface area (Å²) >= 11 is 0. The lowest BCUT2D eigenvalue weighted by molar-refractivity contribution is -0.0630. The predicted octanol–water partition coefficient (Wildman–Crippen LogP) is 2.93. The molecule has 0 radical (unpaired) electrons. The van der Waals surface area contributed by atoms with Crippen molar-refractivity contribution in [2.24, 2.45) is 0 Å². The van der Waals surface area contributed by atoms with Crippen LogP contribution in [0.4, 0.5) is 0 Å². The van der Waals surface area contributed by atoms with Crippen LogP contribution in [-0.4, -0.2) is 42.8 Å². The molecule has 0 bridgehead atoms. The minimum atomic E-state index is -0.879. The van der Waals surface area contributed by atoms with Gasteiger partial charge in [0.2, 0.25) is 0 Å². The van der Waals surface area contributed by atoms with E-state index in [2.05, 4.69) is 6.92 Å². The van der Waals surface area contributed by atoms with Crippen LogP contribution in [0.25, 0.3) is 0 Å². The molecule has 0 saturated carbocycles. The van der Waals surface area contributed by atoms with Crippen molar-refractivity contribution in [1.29, 1.82) is 0 Å². The van der Waals surface area contributed by atoms with Crippen LogP contribution in [0.2, 0.25) is 0 Å².